The first-order chi connectivity index (χ1) is 11.0. The Balaban J connectivity index is 1.81. The molecule has 122 valence electrons. The molecule has 0 bridgehead atoms. The highest BCUT2D eigenvalue weighted by Crippen LogP contribution is 2.18. The average Bonchev–Trinajstić information content (AvgIpc) is 2.54. The predicted octanol–water partition coefficient (Wildman–Crippen LogP) is 3.16. The van der Waals surface area contributed by atoms with Gasteiger partial charge >= 0.3 is 0 Å². The zero-order valence-corrected chi connectivity index (χ0v) is 13.1. The van der Waals surface area contributed by atoms with Gasteiger partial charge in [-0.2, -0.15) is 0 Å². The van der Waals surface area contributed by atoms with Crippen molar-refractivity contribution in [2.75, 3.05) is 13.2 Å². The fourth-order valence-corrected chi connectivity index (χ4v) is 1.93. The van der Waals surface area contributed by atoms with Crippen LogP contribution in [0.4, 0.5) is 4.39 Å². The molecule has 5 heteroatoms. The monoisotopic (exact) mass is 318 g/mol. The van der Waals surface area contributed by atoms with Crippen molar-refractivity contribution < 1.29 is 23.8 Å². The van der Waals surface area contributed by atoms with Crippen molar-refractivity contribution in [1.29, 1.82) is 0 Å². The molecule has 1 atom stereocenters. The number of Topliss-reactive ketones (excluding diaryl/α,β-unsaturated/α-hetero) is 1. The van der Waals surface area contributed by atoms with Crippen molar-refractivity contribution in [1.82, 2.24) is 0 Å². The van der Waals surface area contributed by atoms with Crippen LogP contribution in [0.1, 0.15) is 22.8 Å². The van der Waals surface area contributed by atoms with Gasteiger partial charge in [-0.05, 0) is 55.8 Å². The molecule has 0 aliphatic heterocycles. The summed E-state index contributed by atoms with van der Waals surface area (Å²) < 4.78 is 24.2. The molecule has 0 aliphatic rings. The third kappa shape index (κ3) is 5.07. The quantitative estimate of drug-likeness (QED) is 0.797. The molecule has 0 aromatic heterocycles. The molecule has 4 nitrogen and oxygen atoms in total. The minimum absolute atomic E-state index is 0.00680. The smallest absolute Gasteiger partial charge is 0.165 e. The summed E-state index contributed by atoms with van der Waals surface area (Å²) in [5, 5.41) is 9.85. The molecule has 2 aromatic carbocycles. The molecule has 0 aliphatic carbocycles. The van der Waals surface area contributed by atoms with Crippen molar-refractivity contribution in [3.8, 4) is 11.5 Å². The second kappa shape index (κ2) is 7.74. The van der Waals surface area contributed by atoms with Crippen LogP contribution in [0, 0.1) is 12.7 Å². The number of halogens is 1. The largest absolute Gasteiger partial charge is 0.491 e. The SMILES string of the molecule is CC(=O)c1ccc(OCC(O)COc2cc(C)ccc2F)cc1. The fourth-order valence-electron chi connectivity index (χ4n) is 1.93. The van der Waals surface area contributed by atoms with Gasteiger partial charge in [-0.1, -0.05) is 6.07 Å². The van der Waals surface area contributed by atoms with E-state index in [2.05, 4.69) is 0 Å². The molecular formula is C18H19FO4. The summed E-state index contributed by atoms with van der Waals surface area (Å²) in [7, 11) is 0. The molecule has 0 heterocycles. The van der Waals surface area contributed by atoms with Crippen molar-refractivity contribution in [2.45, 2.75) is 20.0 Å². The van der Waals surface area contributed by atoms with Crippen LogP contribution >= 0.6 is 0 Å². The Labute approximate surface area is 134 Å². The summed E-state index contributed by atoms with van der Waals surface area (Å²) in [5.74, 6) is 0.152. The number of benzene rings is 2. The number of aryl methyl sites for hydroxylation is 1. The number of rotatable bonds is 7. The molecule has 23 heavy (non-hydrogen) atoms. The summed E-state index contributed by atoms with van der Waals surface area (Å²) in [6.07, 6.45) is -0.901. The summed E-state index contributed by atoms with van der Waals surface area (Å²) in [6, 6.07) is 11.2. The molecule has 1 N–H and O–H groups in total. The minimum atomic E-state index is -0.901. The molecule has 0 amide bonds. The van der Waals surface area contributed by atoms with Gasteiger partial charge in [-0.25, -0.2) is 4.39 Å². The lowest BCUT2D eigenvalue weighted by atomic mass is 10.1. The first kappa shape index (κ1) is 17.0. The maximum Gasteiger partial charge on any atom is 0.165 e. The van der Waals surface area contributed by atoms with E-state index in [0.717, 1.165) is 5.56 Å². The van der Waals surface area contributed by atoms with Gasteiger partial charge in [-0.15, -0.1) is 0 Å². The number of aliphatic hydroxyl groups is 1. The number of hydrogen-bond donors (Lipinski definition) is 1. The fraction of sp³-hybridized carbons (Fsp3) is 0.278. The average molecular weight is 318 g/mol. The van der Waals surface area contributed by atoms with Gasteiger partial charge in [0.2, 0.25) is 0 Å². The van der Waals surface area contributed by atoms with Crippen LogP contribution in [0.25, 0.3) is 0 Å². The van der Waals surface area contributed by atoms with Gasteiger partial charge in [0.05, 0.1) is 0 Å². The van der Waals surface area contributed by atoms with Crippen LogP contribution in [-0.4, -0.2) is 30.2 Å². The Kier molecular flexibility index (Phi) is 5.71. The van der Waals surface area contributed by atoms with Crippen LogP contribution in [0.2, 0.25) is 0 Å². The van der Waals surface area contributed by atoms with Gasteiger partial charge < -0.3 is 14.6 Å². The maximum atomic E-state index is 13.5. The van der Waals surface area contributed by atoms with Gasteiger partial charge in [-0.3, -0.25) is 4.79 Å². The number of ketones is 1. The first-order valence-corrected chi connectivity index (χ1v) is 7.26. The van der Waals surface area contributed by atoms with Gasteiger partial charge in [0.1, 0.15) is 25.1 Å². The lowest BCUT2D eigenvalue weighted by molar-refractivity contribution is 0.0612. The van der Waals surface area contributed by atoms with Gasteiger partial charge in [0, 0.05) is 5.56 Å². The van der Waals surface area contributed by atoms with E-state index < -0.39 is 11.9 Å². The van der Waals surface area contributed by atoms with E-state index in [-0.39, 0.29) is 24.7 Å². The Morgan fingerprint density at radius 2 is 1.78 bits per heavy atom. The zero-order chi connectivity index (χ0) is 16.8. The highest BCUT2D eigenvalue weighted by molar-refractivity contribution is 5.94. The molecule has 0 saturated carbocycles. The minimum Gasteiger partial charge on any atom is -0.491 e. The standard InChI is InChI=1S/C18H19FO4/c1-12-3-8-17(19)18(9-12)23-11-15(21)10-22-16-6-4-14(5-7-16)13(2)20/h3-9,15,21H,10-11H2,1-2H3. The highest BCUT2D eigenvalue weighted by atomic mass is 19.1. The highest BCUT2D eigenvalue weighted by Gasteiger charge is 2.10. The number of aliphatic hydroxyl groups excluding tert-OH is 1. The number of carbonyl (C=O) groups is 1. The Hall–Kier alpha value is -2.40. The number of carbonyl (C=O) groups excluding carboxylic acids is 1. The van der Waals surface area contributed by atoms with E-state index in [4.69, 9.17) is 9.47 Å². The van der Waals surface area contributed by atoms with E-state index in [1.165, 1.54) is 13.0 Å². The maximum absolute atomic E-state index is 13.5. The predicted molar refractivity (Wildman–Crippen MR) is 84.6 cm³/mol. The van der Waals surface area contributed by atoms with Crippen LogP contribution < -0.4 is 9.47 Å². The third-order valence-electron chi connectivity index (χ3n) is 3.22. The second-order valence-electron chi connectivity index (χ2n) is 5.29. The molecule has 2 rings (SSSR count). The number of hydrogen-bond acceptors (Lipinski definition) is 4. The van der Waals surface area contributed by atoms with Crippen LogP contribution in [-0.2, 0) is 0 Å². The third-order valence-corrected chi connectivity index (χ3v) is 3.22. The van der Waals surface area contributed by atoms with E-state index in [0.29, 0.717) is 11.3 Å². The summed E-state index contributed by atoms with van der Waals surface area (Å²) in [5.41, 5.74) is 1.47. The van der Waals surface area contributed by atoms with E-state index in [9.17, 15) is 14.3 Å². The first-order valence-electron chi connectivity index (χ1n) is 7.26. The number of ether oxygens (including phenoxy) is 2. The van der Waals surface area contributed by atoms with Gasteiger partial charge in [0.15, 0.2) is 17.3 Å². The molecule has 0 saturated heterocycles. The summed E-state index contributed by atoms with van der Waals surface area (Å²) >= 11 is 0. The molecular weight excluding hydrogens is 299 g/mol. The van der Waals surface area contributed by atoms with Crippen molar-refractivity contribution in [3.05, 3.63) is 59.4 Å². The molecule has 1 unspecified atom stereocenters. The normalized spacial score (nSPS) is 11.8. The zero-order valence-electron chi connectivity index (χ0n) is 13.1. The Bertz CT molecular complexity index is 667. The topological polar surface area (TPSA) is 55.8 Å². The van der Waals surface area contributed by atoms with Crippen LogP contribution in [0.3, 0.4) is 0 Å². The lowest BCUT2D eigenvalue weighted by Crippen LogP contribution is -2.25. The lowest BCUT2D eigenvalue weighted by Gasteiger charge is -2.14. The van der Waals surface area contributed by atoms with Crippen LogP contribution in [0.15, 0.2) is 42.5 Å². The summed E-state index contributed by atoms with van der Waals surface area (Å²) in [6.45, 7) is 3.25. The van der Waals surface area contributed by atoms with E-state index in [1.54, 1.807) is 36.4 Å². The molecule has 0 spiro atoms. The van der Waals surface area contributed by atoms with Gasteiger partial charge in [0.25, 0.3) is 0 Å². The second-order valence-corrected chi connectivity index (χ2v) is 5.29. The van der Waals surface area contributed by atoms with Crippen molar-refractivity contribution in [2.24, 2.45) is 0 Å². The molecule has 2 aromatic rings. The van der Waals surface area contributed by atoms with E-state index in [1.807, 2.05) is 6.92 Å². The Morgan fingerprint density at radius 3 is 2.43 bits per heavy atom. The summed E-state index contributed by atoms with van der Waals surface area (Å²) in [4.78, 5) is 11.2. The van der Waals surface area contributed by atoms with E-state index >= 15 is 0 Å². The van der Waals surface area contributed by atoms with Crippen LogP contribution in [0.5, 0.6) is 11.5 Å². The molecule has 0 fully saturated rings. The van der Waals surface area contributed by atoms with Crippen molar-refractivity contribution >= 4 is 5.78 Å². The van der Waals surface area contributed by atoms with Crippen molar-refractivity contribution in [3.63, 3.8) is 0 Å². The Morgan fingerprint density at radius 1 is 1.13 bits per heavy atom. The molecule has 0 radical (unpaired) electrons.